The Labute approximate surface area is 149 Å². The van der Waals surface area contributed by atoms with Crippen LogP contribution in [0.2, 0.25) is 0 Å². The molecule has 0 radical (unpaired) electrons. The van der Waals surface area contributed by atoms with Gasteiger partial charge in [0, 0.05) is 44.7 Å². The molecule has 25 heavy (non-hydrogen) atoms. The molecule has 0 unspecified atom stereocenters. The van der Waals surface area contributed by atoms with E-state index in [1.807, 2.05) is 11.8 Å². The van der Waals surface area contributed by atoms with Crippen LogP contribution >= 0.6 is 0 Å². The summed E-state index contributed by atoms with van der Waals surface area (Å²) in [5.74, 6) is 0.0836. The van der Waals surface area contributed by atoms with Crippen LogP contribution in [0.1, 0.15) is 31.2 Å². The van der Waals surface area contributed by atoms with Crippen LogP contribution in [0.4, 0.5) is 0 Å². The third kappa shape index (κ3) is 3.45. The number of rotatable bonds is 3. The number of H-pyrrole nitrogens is 1. The van der Waals surface area contributed by atoms with E-state index in [9.17, 15) is 13.2 Å². The molecule has 2 fully saturated rings. The number of piperazine rings is 1. The van der Waals surface area contributed by atoms with Crippen LogP contribution in [0.15, 0.2) is 4.90 Å². The van der Waals surface area contributed by atoms with Gasteiger partial charge in [-0.25, -0.2) is 8.42 Å². The molecule has 9 heteroatoms. The number of nitrogens with one attached hydrogen (secondary N) is 2. The normalized spacial score (nSPS) is 23.8. The fourth-order valence-electron chi connectivity index (χ4n) is 3.80. The average Bonchev–Trinajstić information content (AvgIpc) is 2.94. The van der Waals surface area contributed by atoms with E-state index >= 15 is 0 Å². The lowest BCUT2D eigenvalue weighted by Crippen LogP contribution is -2.55. The average molecular weight is 369 g/mol. The molecule has 2 saturated heterocycles. The van der Waals surface area contributed by atoms with Gasteiger partial charge in [-0.2, -0.15) is 9.40 Å². The Bertz CT molecular complexity index is 717. The monoisotopic (exact) mass is 369 g/mol. The first-order valence-electron chi connectivity index (χ1n) is 8.85. The highest BCUT2D eigenvalue weighted by Crippen LogP contribution is 2.28. The molecule has 1 atom stereocenters. The van der Waals surface area contributed by atoms with Crippen molar-refractivity contribution >= 4 is 15.9 Å². The van der Waals surface area contributed by atoms with Crippen LogP contribution in [0.3, 0.4) is 0 Å². The minimum absolute atomic E-state index is 0.0847. The molecule has 140 valence electrons. The predicted molar refractivity (Wildman–Crippen MR) is 93.6 cm³/mol. The number of carbonyl (C=O) groups excluding carboxylic acids is 1. The van der Waals surface area contributed by atoms with E-state index < -0.39 is 10.0 Å². The van der Waals surface area contributed by atoms with Crippen molar-refractivity contribution in [2.75, 3.05) is 32.7 Å². The molecule has 1 amide bonds. The predicted octanol–water partition coefficient (Wildman–Crippen LogP) is 0.248. The van der Waals surface area contributed by atoms with Gasteiger partial charge in [-0.15, -0.1) is 0 Å². The van der Waals surface area contributed by atoms with Gasteiger partial charge in [0.05, 0.1) is 11.4 Å². The quantitative estimate of drug-likeness (QED) is 0.796. The third-order valence-electron chi connectivity index (χ3n) is 5.25. The fourth-order valence-corrected chi connectivity index (χ4v) is 5.60. The summed E-state index contributed by atoms with van der Waals surface area (Å²) in [5.41, 5.74) is 1.05. The number of aryl methyl sites for hydroxylation is 2. The van der Waals surface area contributed by atoms with E-state index in [-0.39, 0.29) is 22.8 Å². The van der Waals surface area contributed by atoms with Crippen molar-refractivity contribution in [1.29, 1.82) is 0 Å². The van der Waals surface area contributed by atoms with Crippen molar-refractivity contribution in [2.24, 2.45) is 5.92 Å². The maximum absolute atomic E-state index is 12.9. The number of amides is 1. The van der Waals surface area contributed by atoms with Gasteiger partial charge in [-0.1, -0.05) is 0 Å². The highest BCUT2D eigenvalue weighted by molar-refractivity contribution is 7.89. The minimum Gasteiger partial charge on any atom is -0.337 e. The molecule has 0 saturated carbocycles. The van der Waals surface area contributed by atoms with Crippen molar-refractivity contribution in [3.05, 3.63) is 11.4 Å². The maximum Gasteiger partial charge on any atom is 0.246 e. The second kappa shape index (κ2) is 7.05. The highest BCUT2D eigenvalue weighted by atomic mass is 32.2. The molecule has 0 aromatic carbocycles. The lowest BCUT2D eigenvalue weighted by molar-refractivity contribution is -0.139. The Hall–Kier alpha value is -1.45. The van der Waals surface area contributed by atoms with E-state index in [4.69, 9.17) is 0 Å². The van der Waals surface area contributed by atoms with Crippen LogP contribution in [0.5, 0.6) is 0 Å². The largest absolute Gasteiger partial charge is 0.337 e. The second-order valence-corrected chi connectivity index (χ2v) is 8.90. The van der Waals surface area contributed by atoms with E-state index in [0.29, 0.717) is 37.3 Å². The Balaban J connectivity index is 1.66. The molecule has 3 heterocycles. The molecule has 2 N–H and O–H groups in total. The molecule has 1 aromatic rings. The topological polar surface area (TPSA) is 98.4 Å². The third-order valence-corrected chi connectivity index (χ3v) is 7.41. The van der Waals surface area contributed by atoms with Crippen molar-refractivity contribution in [3.8, 4) is 0 Å². The van der Waals surface area contributed by atoms with Crippen LogP contribution in [-0.2, 0) is 14.8 Å². The second-order valence-electron chi connectivity index (χ2n) is 7.03. The summed E-state index contributed by atoms with van der Waals surface area (Å²) >= 11 is 0. The number of hydrogen-bond acceptors (Lipinski definition) is 5. The molecule has 0 aliphatic carbocycles. The minimum atomic E-state index is -3.56. The first-order valence-corrected chi connectivity index (χ1v) is 10.3. The zero-order valence-corrected chi connectivity index (χ0v) is 15.9. The SMILES string of the molecule is Cc1n[nH]c(C)c1S(=O)(=O)N1CCC(C(=O)N2CCNC[C@@H]2C)CC1. The molecule has 0 spiro atoms. The summed E-state index contributed by atoms with van der Waals surface area (Å²) in [4.78, 5) is 15.0. The number of hydrogen-bond donors (Lipinski definition) is 2. The number of piperidine rings is 1. The first-order chi connectivity index (χ1) is 11.8. The molecule has 1 aromatic heterocycles. The van der Waals surface area contributed by atoms with Gasteiger partial charge in [0.1, 0.15) is 4.90 Å². The highest BCUT2D eigenvalue weighted by Gasteiger charge is 2.36. The van der Waals surface area contributed by atoms with Gasteiger partial charge >= 0.3 is 0 Å². The van der Waals surface area contributed by atoms with Gasteiger partial charge < -0.3 is 10.2 Å². The van der Waals surface area contributed by atoms with Crippen LogP contribution in [0, 0.1) is 19.8 Å². The van der Waals surface area contributed by atoms with Crippen LogP contribution < -0.4 is 5.32 Å². The molecular formula is C16H27N5O3S. The van der Waals surface area contributed by atoms with E-state index in [0.717, 1.165) is 19.6 Å². The zero-order valence-electron chi connectivity index (χ0n) is 15.1. The Morgan fingerprint density at radius 2 is 1.88 bits per heavy atom. The Kier molecular flexibility index (Phi) is 5.17. The van der Waals surface area contributed by atoms with E-state index in [2.05, 4.69) is 15.5 Å². The van der Waals surface area contributed by atoms with E-state index in [1.165, 1.54) is 4.31 Å². The molecule has 2 aliphatic heterocycles. The van der Waals surface area contributed by atoms with Crippen LogP contribution in [-0.4, -0.2) is 72.5 Å². The summed E-state index contributed by atoms with van der Waals surface area (Å²) in [6.07, 6.45) is 1.15. The number of sulfonamides is 1. The number of carbonyl (C=O) groups is 1. The molecule has 0 bridgehead atoms. The van der Waals surface area contributed by atoms with Gasteiger partial charge in [0.15, 0.2) is 0 Å². The Morgan fingerprint density at radius 3 is 2.44 bits per heavy atom. The number of nitrogens with zero attached hydrogens (tertiary/aromatic N) is 3. The van der Waals surface area contributed by atoms with Gasteiger partial charge in [0.2, 0.25) is 15.9 Å². The lowest BCUT2D eigenvalue weighted by Gasteiger charge is -2.38. The van der Waals surface area contributed by atoms with Crippen molar-refractivity contribution in [3.63, 3.8) is 0 Å². The molecule has 3 rings (SSSR count). The first kappa shape index (κ1) is 18.3. The molecule has 8 nitrogen and oxygen atoms in total. The summed E-state index contributed by atoms with van der Waals surface area (Å²) < 4.78 is 27.3. The van der Waals surface area contributed by atoms with Gasteiger partial charge in [-0.05, 0) is 33.6 Å². The maximum atomic E-state index is 12.9. The smallest absolute Gasteiger partial charge is 0.246 e. The lowest BCUT2D eigenvalue weighted by atomic mass is 9.95. The number of aromatic nitrogens is 2. The van der Waals surface area contributed by atoms with Crippen molar-refractivity contribution in [2.45, 2.75) is 44.6 Å². The molecular weight excluding hydrogens is 342 g/mol. The summed E-state index contributed by atoms with van der Waals surface area (Å²) in [5, 5.41) is 10.0. The fraction of sp³-hybridized carbons (Fsp3) is 0.750. The zero-order chi connectivity index (χ0) is 18.2. The van der Waals surface area contributed by atoms with Crippen LogP contribution in [0.25, 0.3) is 0 Å². The summed E-state index contributed by atoms with van der Waals surface area (Å²) in [6, 6.07) is 0.194. The van der Waals surface area contributed by atoms with Gasteiger partial charge in [-0.3, -0.25) is 9.89 Å². The van der Waals surface area contributed by atoms with E-state index in [1.54, 1.807) is 13.8 Å². The molecule has 2 aliphatic rings. The standard InChI is InChI=1S/C16H27N5O3S/c1-11-10-17-6-9-21(11)16(22)14-4-7-20(8-5-14)25(23,24)15-12(2)18-19-13(15)3/h11,14,17H,4-10H2,1-3H3,(H,18,19)/t11-/m0/s1. The summed E-state index contributed by atoms with van der Waals surface area (Å²) in [7, 11) is -3.56. The summed E-state index contributed by atoms with van der Waals surface area (Å²) in [6.45, 7) is 8.58. The van der Waals surface area contributed by atoms with Gasteiger partial charge in [0.25, 0.3) is 0 Å². The number of aromatic amines is 1. The van der Waals surface area contributed by atoms with Crippen molar-refractivity contribution in [1.82, 2.24) is 24.7 Å². The van der Waals surface area contributed by atoms with Crippen molar-refractivity contribution < 1.29 is 13.2 Å². The Morgan fingerprint density at radius 1 is 1.20 bits per heavy atom.